The molecule has 4 N–H and O–H groups in total. The van der Waals surface area contributed by atoms with E-state index in [4.69, 9.17) is 5.73 Å². The number of rotatable bonds is 3. The van der Waals surface area contributed by atoms with Crippen molar-refractivity contribution < 1.29 is 22.4 Å². The molecule has 11 heteroatoms. The molecule has 170 valence electrons. The first-order valence-corrected chi connectivity index (χ1v) is 9.68. The molecule has 0 atom stereocenters. The van der Waals surface area contributed by atoms with Gasteiger partial charge in [0, 0.05) is 18.4 Å². The van der Waals surface area contributed by atoms with Crippen molar-refractivity contribution in [3.05, 3.63) is 65.6 Å². The lowest BCUT2D eigenvalue weighted by Gasteiger charge is -2.12. The molecule has 0 aliphatic rings. The minimum atomic E-state index is -4.66. The predicted octanol–water partition coefficient (Wildman–Crippen LogP) is 5.33. The lowest BCUT2D eigenvalue weighted by Crippen LogP contribution is -2.20. The average molecular weight is 458 g/mol. The van der Waals surface area contributed by atoms with Gasteiger partial charge in [-0.25, -0.2) is 18.9 Å². The summed E-state index contributed by atoms with van der Waals surface area (Å²) in [5.74, 6) is -0.653. The molecule has 0 bridgehead atoms. The minimum Gasteiger partial charge on any atom is -0.382 e. The number of hydrogen-bond acceptors (Lipinski definition) is 4. The van der Waals surface area contributed by atoms with Crippen molar-refractivity contribution in [2.24, 2.45) is 7.05 Å². The number of fused-ring (bicyclic) bond motifs is 1. The smallest absolute Gasteiger partial charge is 0.382 e. The van der Waals surface area contributed by atoms with Crippen molar-refractivity contribution in [1.82, 2.24) is 14.8 Å². The van der Waals surface area contributed by atoms with E-state index in [1.165, 1.54) is 0 Å². The molecule has 2 aromatic heterocycles. The quantitative estimate of drug-likeness (QED) is 0.362. The molecule has 0 aliphatic carbocycles. The number of anilines is 3. The highest BCUT2D eigenvalue weighted by Gasteiger charge is 2.31. The number of amides is 2. The third-order valence-corrected chi connectivity index (χ3v) is 4.94. The number of carbonyl (C=O) groups excluding carboxylic acids is 1. The Labute approximate surface area is 185 Å². The van der Waals surface area contributed by atoms with Gasteiger partial charge in [-0.2, -0.15) is 18.3 Å². The maximum Gasteiger partial charge on any atom is 0.416 e. The van der Waals surface area contributed by atoms with Crippen molar-refractivity contribution in [2.75, 3.05) is 16.4 Å². The zero-order valence-corrected chi connectivity index (χ0v) is 17.5. The Balaban J connectivity index is 1.55. The number of nitrogens with one attached hydrogen (secondary N) is 2. The van der Waals surface area contributed by atoms with Crippen molar-refractivity contribution in [2.45, 2.75) is 13.1 Å². The molecule has 0 radical (unpaired) electrons. The van der Waals surface area contributed by atoms with Gasteiger partial charge < -0.3 is 16.4 Å². The summed E-state index contributed by atoms with van der Waals surface area (Å²) in [4.78, 5) is 16.7. The zero-order chi connectivity index (χ0) is 23.9. The highest BCUT2D eigenvalue weighted by molar-refractivity contribution is 6.02. The number of nitrogen functional groups attached to an aromatic ring is 1. The van der Waals surface area contributed by atoms with E-state index in [-0.39, 0.29) is 0 Å². The van der Waals surface area contributed by atoms with Crippen molar-refractivity contribution in [3.63, 3.8) is 0 Å². The van der Waals surface area contributed by atoms with Crippen LogP contribution in [0.25, 0.3) is 22.2 Å². The standard InChI is InChI=1S/C22H18F4N6O/c1-11-9-15(18-19(27)31-32(2)20(18)28-11)12-3-6-14(7-4-12)29-21(33)30-17-10-13(22(24,25)26)5-8-16(17)23/h3-10H,1-2H3,(H2,27,31)(H2,29,30,33). The van der Waals surface area contributed by atoms with Crippen LogP contribution in [0, 0.1) is 12.7 Å². The predicted molar refractivity (Wildman–Crippen MR) is 117 cm³/mol. The number of hydrogen-bond donors (Lipinski definition) is 3. The first-order valence-electron chi connectivity index (χ1n) is 9.68. The van der Waals surface area contributed by atoms with Gasteiger partial charge in [0.05, 0.1) is 16.6 Å². The summed E-state index contributed by atoms with van der Waals surface area (Å²) >= 11 is 0. The van der Waals surface area contributed by atoms with Crippen LogP contribution in [0.15, 0.2) is 48.5 Å². The highest BCUT2D eigenvalue weighted by atomic mass is 19.4. The number of urea groups is 1. The average Bonchev–Trinajstić information content (AvgIpc) is 3.02. The molecular weight excluding hydrogens is 440 g/mol. The number of nitrogens with zero attached hydrogens (tertiary/aromatic N) is 3. The fourth-order valence-electron chi connectivity index (χ4n) is 3.45. The molecule has 0 unspecified atom stereocenters. The summed E-state index contributed by atoms with van der Waals surface area (Å²) in [5, 5.41) is 9.47. The molecular formula is C22H18F4N6O. The van der Waals surface area contributed by atoms with E-state index in [1.807, 2.05) is 13.0 Å². The Bertz CT molecular complexity index is 1360. The van der Waals surface area contributed by atoms with Gasteiger partial charge in [0.1, 0.15) is 5.82 Å². The number of benzene rings is 2. The molecule has 2 heterocycles. The molecule has 33 heavy (non-hydrogen) atoms. The van der Waals surface area contributed by atoms with E-state index in [2.05, 4.69) is 20.7 Å². The van der Waals surface area contributed by atoms with Crippen LogP contribution in [0.1, 0.15) is 11.3 Å². The van der Waals surface area contributed by atoms with Crippen molar-refractivity contribution in [3.8, 4) is 11.1 Å². The van der Waals surface area contributed by atoms with Gasteiger partial charge in [0.25, 0.3) is 0 Å². The number of halogens is 4. The van der Waals surface area contributed by atoms with E-state index in [0.29, 0.717) is 40.7 Å². The second kappa shape index (κ2) is 8.08. The van der Waals surface area contributed by atoms with E-state index >= 15 is 0 Å². The van der Waals surface area contributed by atoms with Gasteiger partial charge >= 0.3 is 12.2 Å². The Hall–Kier alpha value is -4.15. The van der Waals surface area contributed by atoms with E-state index < -0.39 is 29.3 Å². The number of carbonyl (C=O) groups is 1. The van der Waals surface area contributed by atoms with Crippen LogP contribution in [0.3, 0.4) is 0 Å². The topological polar surface area (TPSA) is 97.9 Å². The highest BCUT2D eigenvalue weighted by Crippen LogP contribution is 2.33. The number of nitrogens with two attached hydrogens (primary N) is 1. The Morgan fingerprint density at radius 2 is 1.76 bits per heavy atom. The largest absolute Gasteiger partial charge is 0.416 e. The normalized spacial score (nSPS) is 11.6. The first-order chi connectivity index (χ1) is 15.5. The number of pyridine rings is 1. The Kier molecular flexibility index (Phi) is 5.40. The van der Waals surface area contributed by atoms with Crippen molar-refractivity contribution >= 4 is 34.3 Å². The number of alkyl halides is 3. The van der Waals surface area contributed by atoms with Crippen LogP contribution in [0.4, 0.5) is 39.5 Å². The molecule has 4 aromatic rings. The third-order valence-electron chi connectivity index (χ3n) is 4.94. The Morgan fingerprint density at radius 1 is 1.06 bits per heavy atom. The molecule has 4 rings (SSSR count). The fourth-order valence-corrected chi connectivity index (χ4v) is 3.45. The van der Waals surface area contributed by atoms with Gasteiger partial charge in [0.15, 0.2) is 11.5 Å². The lowest BCUT2D eigenvalue weighted by atomic mass is 10.0. The molecule has 0 aliphatic heterocycles. The fraction of sp³-hybridized carbons (Fsp3) is 0.136. The van der Waals surface area contributed by atoms with E-state index in [9.17, 15) is 22.4 Å². The van der Waals surface area contributed by atoms with Crippen LogP contribution >= 0.6 is 0 Å². The van der Waals surface area contributed by atoms with E-state index in [1.54, 1.807) is 36.0 Å². The summed E-state index contributed by atoms with van der Waals surface area (Å²) in [6, 6.07) is 9.44. The summed E-state index contributed by atoms with van der Waals surface area (Å²) in [5.41, 5.74) is 7.75. The lowest BCUT2D eigenvalue weighted by molar-refractivity contribution is -0.137. The summed E-state index contributed by atoms with van der Waals surface area (Å²) in [6.07, 6.45) is -4.66. The second-order valence-corrected chi connectivity index (χ2v) is 7.37. The SMILES string of the molecule is Cc1cc(-c2ccc(NC(=O)Nc3cc(C(F)(F)F)ccc3F)cc2)c2c(N)nn(C)c2n1. The van der Waals surface area contributed by atoms with Crippen molar-refractivity contribution in [1.29, 1.82) is 0 Å². The maximum absolute atomic E-state index is 13.9. The second-order valence-electron chi connectivity index (χ2n) is 7.37. The molecule has 0 spiro atoms. The molecule has 0 saturated heterocycles. The van der Waals surface area contributed by atoms with Crippen LogP contribution in [-0.4, -0.2) is 20.8 Å². The molecule has 0 saturated carbocycles. The summed E-state index contributed by atoms with van der Waals surface area (Å²) in [7, 11) is 1.74. The third kappa shape index (κ3) is 4.43. The van der Waals surface area contributed by atoms with Gasteiger partial charge in [-0.15, -0.1) is 0 Å². The molecule has 2 aromatic carbocycles. The van der Waals surface area contributed by atoms with Gasteiger partial charge in [-0.1, -0.05) is 12.1 Å². The Morgan fingerprint density at radius 3 is 2.42 bits per heavy atom. The first kappa shape index (κ1) is 22.1. The van der Waals surface area contributed by atoms with Crippen LogP contribution in [0.5, 0.6) is 0 Å². The van der Waals surface area contributed by atoms with Crippen LogP contribution in [0.2, 0.25) is 0 Å². The number of aromatic nitrogens is 3. The van der Waals surface area contributed by atoms with Crippen LogP contribution in [-0.2, 0) is 13.2 Å². The zero-order valence-electron chi connectivity index (χ0n) is 17.5. The molecule has 7 nitrogen and oxygen atoms in total. The van der Waals surface area contributed by atoms with Crippen LogP contribution < -0.4 is 16.4 Å². The monoisotopic (exact) mass is 458 g/mol. The molecule has 2 amide bonds. The minimum absolute atomic E-state index is 0.333. The summed E-state index contributed by atoms with van der Waals surface area (Å²) < 4.78 is 54.0. The van der Waals surface area contributed by atoms with E-state index in [0.717, 1.165) is 16.8 Å². The number of aryl methyl sites for hydroxylation is 2. The maximum atomic E-state index is 13.9. The van der Waals surface area contributed by atoms with Gasteiger partial charge in [0.2, 0.25) is 0 Å². The van der Waals surface area contributed by atoms with Gasteiger partial charge in [-0.05, 0) is 54.4 Å². The summed E-state index contributed by atoms with van der Waals surface area (Å²) in [6.45, 7) is 1.85. The molecule has 0 fully saturated rings. The van der Waals surface area contributed by atoms with Gasteiger partial charge in [-0.3, -0.25) is 0 Å².